The fraction of sp³-hybridized carbons (Fsp3) is 0.286. The van der Waals surface area contributed by atoms with Gasteiger partial charge in [0.25, 0.3) is 5.91 Å². The zero-order valence-electron chi connectivity index (χ0n) is 15.2. The molecule has 0 aliphatic carbocycles. The Hall–Kier alpha value is -3.33. The van der Waals surface area contributed by atoms with Crippen LogP contribution < -0.4 is 10.6 Å². The molecule has 4 heterocycles. The number of fused-ring (bicyclic) bond motifs is 3. The van der Waals surface area contributed by atoms with Crippen molar-refractivity contribution in [2.24, 2.45) is 0 Å². The van der Waals surface area contributed by atoms with Gasteiger partial charge >= 0.3 is 0 Å². The topological polar surface area (TPSA) is 82.7 Å². The Balaban J connectivity index is 1.81. The molecule has 0 saturated heterocycles. The van der Waals surface area contributed by atoms with Gasteiger partial charge in [-0.3, -0.25) is 4.79 Å². The van der Waals surface area contributed by atoms with Gasteiger partial charge in [-0.1, -0.05) is 18.1 Å². The third-order valence-corrected chi connectivity index (χ3v) is 5.19. The highest BCUT2D eigenvalue weighted by molar-refractivity contribution is 6.00. The second-order valence-electron chi connectivity index (χ2n) is 7.14. The lowest BCUT2D eigenvalue weighted by molar-refractivity contribution is 0.0940. The van der Waals surface area contributed by atoms with Crippen molar-refractivity contribution in [3.8, 4) is 23.1 Å². The van der Waals surface area contributed by atoms with E-state index in [1.54, 1.807) is 0 Å². The van der Waals surface area contributed by atoms with Crippen LogP contribution in [0.4, 0.5) is 5.82 Å². The quantitative estimate of drug-likeness (QED) is 0.540. The van der Waals surface area contributed by atoms with Gasteiger partial charge in [-0.2, -0.15) is 0 Å². The number of rotatable bonds is 0. The summed E-state index contributed by atoms with van der Waals surface area (Å²) in [6.45, 7) is 4.56. The van der Waals surface area contributed by atoms with Crippen LogP contribution in [0.3, 0.4) is 0 Å². The first-order valence-corrected chi connectivity index (χ1v) is 9.14. The van der Waals surface area contributed by atoms with Crippen LogP contribution in [-0.2, 0) is 0 Å². The molecule has 4 bridgehead atoms. The van der Waals surface area contributed by atoms with Gasteiger partial charge in [-0.15, -0.1) is 5.92 Å². The molecule has 5 rings (SSSR count). The minimum atomic E-state index is -0.0423. The molecule has 1 amide bonds. The fourth-order valence-electron chi connectivity index (χ4n) is 3.81. The Bertz CT molecular complexity index is 1150. The molecular formula is C21H19N5O. The summed E-state index contributed by atoms with van der Waals surface area (Å²) in [6.07, 6.45) is 0.686. The van der Waals surface area contributed by atoms with Gasteiger partial charge in [-0.25, -0.2) is 9.97 Å². The van der Waals surface area contributed by atoms with Gasteiger partial charge in [0.15, 0.2) is 0 Å². The monoisotopic (exact) mass is 357 g/mol. The van der Waals surface area contributed by atoms with Crippen LogP contribution in [0.2, 0.25) is 0 Å². The summed E-state index contributed by atoms with van der Waals surface area (Å²) in [5.41, 5.74) is 5.96. The average Bonchev–Trinajstić information content (AvgIpc) is 3.09. The zero-order valence-corrected chi connectivity index (χ0v) is 15.2. The van der Waals surface area contributed by atoms with Gasteiger partial charge in [0.2, 0.25) is 0 Å². The van der Waals surface area contributed by atoms with Crippen LogP contribution in [0.15, 0.2) is 24.3 Å². The van der Waals surface area contributed by atoms with Crippen molar-refractivity contribution in [1.82, 2.24) is 20.3 Å². The summed E-state index contributed by atoms with van der Waals surface area (Å²) < 4.78 is 0. The lowest BCUT2D eigenvalue weighted by Gasteiger charge is -2.21. The highest BCUT2D eigenvalue weighted by atomic mass is 16.1. The minimum Gasteiger partial charge on any atom is -0.357 e. The molecule has 2 aliphatic heterocycles. The highest BCUT2D eigenvalue weighted by Crippen LogP contribution is 2.34. The number of carbonyl (C=O) groups is 1. The lowest BCUT2D eigenvalue weighted by atomic mass is 9.94. The Morgan fingerprint density at radius 3 is 3.00 bits per heavy atom. The molecule has 3 N–H and O–H groups in total. The summed E-state index contributed by atoms with van der Waals surface area (Å²) in [4.78, 5) is 25.4. The number of carbonyl (C=O) groups excluding carboxylic acids is 1. The predicted octanol–water partition coefficient (Wildman–Crippen LogP) is 2.97. The van der Waals surface area contributed by atoms with Crippen molar-refractivity contribution in [2.75, 3.05) is 11.9 Å². The number of nitrogens with zero attached hydrogens (tertiary/aromatic N) is 2. The Kier molecular flexibility index (Phi) is 3.44. The molecule has 0 spiro atoms. The first-order valence-electron chi connectivity index (χ1n) is 9.14. The zero-order chi connectivity index (χ0) is 18.5. The molecule has 2 unspecified atom stereocenters. The molecular weight excluding hydrogens is 338 g/mol. The maximum atomic E-state index is 12.4. The molecule has 6 heteroatoms. The summed E-state index contributed by atoms with van der Waals surface area (Å²) >= 11 is 0. The number of anilines is 1. The summed E-state index contributed by atoms with van der Waals surface area (Å²) in [5, 5.41) is 6.35. The second kappa shape index (κ2) is 5.85. The van der Waals surface area contributed by atoms with Crippen molar-refractivity contribution >= 4 is 22.8 Å². The van der Waals surface area contributed by atoms with E-state index in [-0.39, 0.29) is 17.9 Å². The third-order valence-electron chi connectivity index (χ3n) is 5.19. The van der Waals surface area contributed by atoms with Gasteiger partial charge in [-0.05, 0) is 26.0 Å². The number of amides is 1. The van der Waals surface area contributed by atoms with E-state index < -0.39 is 0 Å². The standard InChI is InChI=1S/C21H19N5O/c1-11-5-3-6-13-10-22-21(27)15-9-17(25-18(13)15)14-7-4-8-16-19(14)26-20(23-11)12(2)24-16/h4,7-9,11,13,25H,6,10H2,1-2H3,(H,22,27)(H,23,26). The van der Waals surface area contributed by atoms with E-state index in [1.807, 2.05) is 38.1 Å². The molecule has 0 fully saturated rings. The number of hydrogen-bond donors (Lipinski definition) is 3. The van der Waals surface area contributed by atoms with E-state index in [0.29, 0.717) is 18.5 Å². The molecule has 2 aromatic heterocycles. The average molecular weight is 357 g/mol. The van der Waals surface area contributed by atoms with Gasteiger partial charge in [0.05, 0.1) is 22.8 Å². The Morgan fingerprint density at radius 2 is 2.11 bits per heavy atom. The SMILES string of the molecule is Cc1nc2cccc3c2nc1NC(C)C#CCC1CNC(=O)c2cc-3[nH]c21. The van der Waals surface area contributed by atoms with Crippen LogP contribution in [0, 0.1) is 18.8 Å². The van der Waals surface area contributed by atoms with Crippen LogP contribution in [-0.4, -0.2) is 33.4 Å². The van der Waals surface area contributed by atoms with E-state index in [9.17, 15) is 4.79 Å². The van der Waals surface area contributed by atoms with Gasteiger partial charge in [0, 0.05) is 35.8 Å². The molecule has 6 nitrogen and oxygen atoms in total. The maximum Gasteiger partial charge on any atom is 0.253 e. The van der Waals surface area contributed by atoms with Crippen molar-refractivity contribution in [1.29, 1.82) is 0 Å². The molecule has 3 aromatic rings. The number of hydrogen-bond acceptors (Lipinski definition) is 4. The fourth-order valence-corrected chi connectivity index (χ4v) is 3.81. The molecule has 27 heavy (non-hydrogen) atoms. The number of aromatic amines is 1. The smallest absolute Gasteiger partial charge is 0.253 e. The summed E-state index contributed by atoms with van der Waals surface area (Å²) in [7, 11) is 0. The van der Waals surface area contributed by atoms with Gasteiger partial charge in [0.1, 0.15) is 11.3 Å². The number of para-hydroxylation sites is 1. The molecule has 0 saturated carbocycles. The highest BCUT2D eigenvalue weighted by Gasteiger charge is 2.28. The maximum absolute atomic E-state index is 12.4. The number of aryl methyl sites for hydroxylation is 1. The van der Waals surface area contributed by atoms with Crippen LogP contribution in [0.1, 0.15) is 41.0 Å². The predicted molar refractivity (Wildman–Crippen MR) is 105 cm³/mol. The normalized spacial score (nSPS) is 20.6. The summed E-state index contributed by atoms with van der Waals surface area (Å²) in [5.74, 6) is 7.37. The first-order chi connectivity index (χ1) is 13.1. The number of aromatic nitrogens is 3. The first kappa shape index (κ1) is 15.9. The van der Waals surface area contributed by atoms with E-state index in [2.05, 4.69) is 27.5 Å². The largest absolute Gasteiger partial charge is 0.357 e. The molecule has 2 aliphatic rings. The van der Waals surface area contributed by atoms with Gasteiger partial charge < -0.3 is 15.6 Å². The van der Waals surface area contributed by atoms with E-state index >= 15 is 0 Å². The van der Waals surface area contributed by atoms with E-state index in [0.717, 1.165) is 39.5 Å². The number of H-pyrrole nitrogens is 1. The minimum absolute atomic E-state index is 0.0401. The lowest BCUT2D eigenvalue weighted by Crippen LogP contribution is -2.34. The van der Waals surface area contributed by atoms with Crippen molar-refractivity contribution in [3.63, 3.8) is 0 Å². The van der Waals surface area contributed by atoms with E-state index in [1.165, 1.54) is 0 Å². The van der Waals surface area contributed by atoms with Crippen molar-refractivity contribution < 1.29 is 4.79 Å². The number of nitrogens with one attached hydrogen (secondary N) is 3. The van der Waals surface area contributed by atoms with Crippen molar-refractivity contribution in [2.45, 2.75) is 32.2 Å². The molecule has 134 valence electrons. The molecule has 2 atom stereocenters. The van der Waals surface area contributed by atoms with E-state index in [4.69, 9.17) is 9.97 Å². The molecule has 0 radical (unpaired) electrons. The van der Waals surface area contributed by atoms with Crippen LogP contribution in [0.5, 0.6) is 0 Å². The molecule has 1 aromatic carbocycles. The van der Waals surface area contributed by atoms with Crippen molar-refractivity contribution in [3.05, 3.63) is 41.2 Å². The Morgan fingerprint density at radius 1 is 1.22 bits per heavy atom. The Labute approximate surface area is 156 Å². The third kappa shape index (κ3) is 2.55. The second-order valence-corrected chi connectivity index (χ2v) is 7.14. The van der Waals surface area contributed by atoms with Crippen LogP contribution in [0.25, 0.3) is 22.3 Å². The number of benzene rings is 1. The summed E-state index contributed by atoms with van der Waals surface area (Å²) in [6, 6.07) is 7.82. The van der Waals surface area contributed by atoms with Crippen LogP contribution >= 0.6 is 0 Å².